The molecule has 0 radical (unpaired) electrons. The highest BCUT2D eigenvalue weighted by Crippen LogP contribution is 2.01. The van der Waals surface area contributed by atoms with Crippen LogP contribution < -0.4 is 11.2 Å². The van der Waals surface area contributed by atoms with E-state index in [1.807, 2.05) is 30.3 Å². The Morgan fingerprint density at radius 1 is 1.25 bits per heavy atom. The van der Waals surface area contributed by atoms with Crippen LogP contribution in [0.3, 0.4) is 0 Å². The molecule has 106 valence electrons. The third-order valence-corrected chi connectivity index (χ3v) is 3.02. The molecule has 0 unspecified atom stereocenters. The SMILES string of the molecule is O=c1c(Br)nn(CF)c(=O)n1COCc1ccccc1. The van der Waals surface area contributed by atoms with Crippen LogP contribution in [0.15, 0.2) is 44.5 Å². The second kappa shape index (κ2) is 6.58. The van der Waals surface area contributed by atoms with Crippen LogP contribution in [0.4, 0.5) is 4.39 Å². The second-order valence-corrected chi connectivity index (χ2v) is 4.64. The van der Waals surface area contributed by atoms with Gasteiger partial charge < -0.3 is 4.74 Å². The zero-order valence-corrected chi connectivity index (χ0v) is 11.9. The van der Waals surface area contributed by atoms with Gasteiger partial charge in [-0.3, -0.25) is 4.79 Å². The maximum absolute atomic E-state index is 12.6. The number of hydrogen-bond acceptors (Lipinski definition) is 4. The smallest absolute Gasteiger partial charge is 0.351 e. The number of hydrogen-bond donors (Lipinski definition) is 0. The van der Waals surface area contributed by atoms with E-state index in [2.05, 4.69) is 21.0 Å². The Bertz CT molecular complexity index is 699. The molecular formula is C12H11BrFN3O3. The lowest BCUT2D eigenvalue weighted by Crippen LogP contribution is -2.42. The molecule has 0 saturated heterocycles. The van der Waals surface area contributed by atoms with Crippen molar-refractivity contribution in [3.8, 4) is 0 Å². The molecule has 20 heavy (non-hydrogen) atoms. The fraction of sp³-hybridized carbons (Fsp3) is 0.250. The van der Waals surface area contributed by atoms with Gasteiger partial charge in [0.05, 0.1) is 6.61 Å². The van der Waals surface area contributed by atoms with Crippen molar-refractivity contribution in [3.05, 3.63) is 61.3 Å². The van der Waals surface area contributed by atoms with Crippen LogP contribution in [0.2, 0.25) is 0 Å². The Kier molecular flexibility index (Phi) is 4.80. The lowest BCUT2D eigenvalue weighted by atomic mass is 10.2. The summed E-state index contributed by atoms with van der Waals surface area (Å²) in [5.41, 5.74) is -0.610. The first-order chi connectivity index (χ1) is 9.63. The van der Waals surface area contributed by atoms with E-state index in [0.717, 1.165) is 10.1 Å². The van der Waals surface area contributed by atoms with Gasteiger partial charge in [-0.2, -0.15) is 9.78 Å². The van der Waals surface area contributed by atoms with Crippen molar-refractivity contribution >= 4 is 15.9 Å². The van der Waals surface area contributed by atoms with Crippen LogP contribution >= 0.6 is 15.9 Å². The molecule has 8 heteroatoms. The molecule has 0 saturated carbocycles. The minimum absolute atomic E-state index is 0.141. The molecule has 1 aromatic heterocycles. The summed E-state index contributed by atoms with van der Waals surface area (Å²) in [5.74, 6) is 0. The highest BCUT2D eigenvalue weighted by molar-refractivity contribution is 9.10. The van der Waals surface area contributed by atoms with Crippen molar-refractivity contribution in [1.82, 2.24) is 14.3 Å². The van der Waals surface area contributed by atoms with Crippen LogP contribution in [-0.2, 0) is 24.9 Å². The fourth-order valence-corrected chi connectivity index (χ4v) is 1.96. The highest BCUT2D eigenvalue weighted by atomic mass is 79.9. The summed E-state index contributed by atoms with van der Waals surface area (Å²) in [6.45, 7) is -1.15. The van der Waals surface area contributed by atoms with E-state index in [1.54, 1.807) is 0 Å². The number of rotatable bonds is 5. The van der Waals surface area contributed by atoms with Gasteiger partial charge >= 0.3 is 5.69 Å². The Labute approximate surface area is 121 Å². The van der Waals surface area contributed by atoms with E-state index in [0.29, 0.717) is 4.68 Å². The average molecular weight is 344 g/mol. The molecule has 0 bridgehead atoms. The van der Waals surface area contributed by atoms with Crippen LogP contribution in [0.25, 0.3) is 0 Å². The Balaban J connectivity index is 2.16. The largest absolute Gasteiger partial charge is 0.356 e. The lowest BCUT2D eigenvalue weighted by Gasteiger charge is -2.08. The van der Waals surface area contributed by atoms with Gasteiger partial charge in [0.2, 0.25) is 0 Å². The molecule has 2 aromatic rings. The lowest BCUT2D eigenvalue weighted by molar-refractivity contribution is 0.0560. The molecule has 0 spiro atoms. The van der Waals surface area contributed by atoms with Crippen molar-refractivity contribution < 1.29 is 9.13 Å². The van der Waals surface area contributed by atoms with Gasteiger partial charge in [0.25, 0.3) is 5.56 Å². The first kappa shape index (κ1) is 14.6. The van der Waals surface area contributed by atoms with E-state index in [4.69, 9.17) is 4.74 Å². The normalized spacial score (nSPS) is 10.7. The standard InChI is InChI=1S/C12H11BrFN3O3/c13-10-11(18)16(12(19)17(7-14)15-10)8-20-6-9-4-2-1-3-5-9/h1-5H,6-8H2. The zero-order valence-electron chi connectivity index (χ0n) is 10.3. The molecule has 0 N–H and O–H groups in total. The highest BCUT2D eigenvalue weighted by Gasteiger charge is 2.11. The summed E-state index contributed by atoms with van der Waals surface area (Å²) in [6.07, 6.45) is 0. The van der Waals surface area contributed by atoms with Crippen LogP contribution in [0, 0.1) is 0 Å². The Morgan fingerprint density at radius 2 is 1.95 bits per heavy atom. The first-order valence-corrected chi connectivity index (χ1v) is 6.48. The number of nitrogens with zero attached hydrogens (tertiary/aromatic N) is 3. The van der Waals surface area contributed by atoms with Gasteiger partial charge in [0.1, 0.15) is 6.73 Å². The maximum Gasteiger partial charge on any atom is 0.351 e. The molecule has 0 amide bonds. The molecule has 0 aliphatic heterocycles. The molecule has 0 aliphatic rings. The van der Waals surface area contributed by atoms with Crippen LogP contribution in [0.5, 0.6) is 0 Å². The van der Waals surface area contributed by atoms with E-state index in [9.17, 15) is 14.0 Å². The van der Waals surface area contributed by atoms with Gasteiger partial charge in [-0.15, -0.1) is 0 Å². The van der Waals surface area contributed by atoms with Gasteiger partial charge in [0.15, 0.2) is 11.4 Å². The predicted molar refractivity (Wildman–Crippen MR) is 72.8 cm³/mol. The fourth-order valence-electron chi connectivity index (χ4n) is 1.55. The van der Waals surface area contributed by atoms with Crippen molar-refractivity contribution in [2.45, 2.75) is 20.1 Å². The zero-order chi connectivity index (χ0) is 14.5. The molecule has 2 rings (SSSR count). The maximum atomic E-state index is 12.6. The minimum atomic E-state index is -1.11. The second-order valence-electron chi connectivity index (χ2n) is 3.89. The monoisotopic (exact) mass is 343 g/mol. The Hall–Kier alpha value is -1.80. The van der Waals surface area contributed by atoms with Crippen molar-refractivity contribution in [2.24, 2.45) is 0 Å². The van der Waals surface area contributed by atoms with Crippen molar-refractivity contribution in [1.29, 1.82) is 0 Å². The topological polar surface area (TPSA) is 66.1 Å². The number of benzene rings is 1. The van der Waals surface area contributed by atoms with E-state index < -0.39 is 18.0 Å². The van der Waals surface area contributed by atoms with Gasteiger partial charge in [-0.1, -0.05) is 30.3 Å². The molecule has 1 heterocycles. The minimum Gasteiger partial charge on any atom is -0.356 e. The van der Waals surface area contributed by atoms with Gasteiger partial charge in [-0.25, -0.2) is 13.8 Å². The molecular weight excluding hydrogens is 333 g/mol. The Morgan fingerprint density at radius 3 is 2.60 bits per heavy atom. The number of ether oxygens (including phenoxy) is 1. The van der Waals surface area contributed by atoms with E-state index in [1.165, 1.54) is 0 Å². The molecule has 0 aliphatic carbocycles. The number of aromatic nitrogens is 3. The summed E-state index contributed by atoms with van der Waals surface area (Å²) in [5, 5.41) is 3.47. The number of halogens is 2. The van der Waals surface area contributed by atoms with E-state index >= 15 is 0 Å². The number of alkyl halides is 1. The quantitative estimate of drug-likeness (QED) is 0.819. The summed E-state index contributed by atoms with van der Waals surface area (Å²) in [4.78, 5) is 23.5. The molecule has 0 fully saturated rings. The summed E-state index contributed by atoms with van der Waals surface area (Å²) < 4.78 is 19.1. The predicted octanol–water partition coefficient (Wildman–Crippen LogP) is 1.27. The molecule has 1 aromatic carbocycles. The summed E-state index contributed by atoms with van der Waals surface area (Å²) in [7, 11) is 0. The third-order valence-electron chi connectivity index (χ3n) is 2.53. The van der Waals surface area contributed by atoms with Crippen LogP contribution in [-0.4, -0.2) is 14.3 Å². The third kappa shape index (κ3) is 3.20. The van der Waals surface area contributed by atoms with E-state index in [-0.39, 0.29) is 17.9 Å². The van der Waals surface area contributed by atoms with Crippen molar-refractivity contribution in [2.75, 3.05) is 0 Å². The molecule has 0 atom stereocenters. The van der Waals surface area contributed by atoms with Crippen molar-refractivity contribution in [3.63, 3.8) is 0 Å². The first-order valence-electron chi connectivity index (χ1n) is 5.68. The van der Waals surface area contributed by atoms with Gasteiger partial charge in [0, 0.05) is 0 Å². The average Bonchev–Trinajstić information content (AvgIpc) is 2.47. The molecule has 6 nitrogen and oxygen atoms in total. The summed E-state index contributed by atoms with van der Waals surface area (Å²) in [6, 6.07) is 9.28. The van der Waals surface area contributed by atoms with Gasteiger partial charge in [-0.05, 0) is 21.5 Å². The summed E-state index contributed by atoms with van der Waals surface area (Å²) >= 11 is 2.88. The van der Waals surface area contributed by atoms with Crippen LogP contribution in [0.1, 0.15) is 5.56 Å².